The molecule has 1 amide bonds. The van der Waals surface area contributed by atoms with E-state index in [1.165, 1.54) is 6.08 Å². The minimum atomic E-state index is -0.349. The second kappa shape index (κ2) is 12.3. The van der Waals surface area contributed by atoms with Crippen molar-refractivity contribution in [2.45, 2.75) is 32.6 Å². The topological polar surface area (TPSA) is 73.9 Å². The molecule has 2 rings (SSSR count). The molecule has 0 aliphatic rings. The number of hydrogen-bond acceptors (Lipinski definition) is 5. The molecule has 0 aromatic heterocycles. The molecule has 0 spiro atoms. The largest absolute Gasteiger partial charge is 0.493 e. The van der Waals surface area contributed by atoms with Crippen LogP contribution >= 0.6 is 0 Å². The third-order valence-electron chi connectivity index (χ3n) is 4.45. The lowest BCUT2D eigenvalue weighted by molar-refractivity contribution is -0.111. The van der Waals surface area contributed by atoms with Crippen molar-refractivity contribution in [1.82, 2.24) is 0 Å². The number of rotatable bonds is 11. The molecule has 2 aromatic carbocycles. The van der Waals surface area contributed by atoms with Crippen molar-refractivity contribution in [3.63, 3.8) is 0 Å². The smallest absolute Gasteiger partial charge is 0.338 e. The predicted octanol–water partition coefficient (Wildman–Crippen LogP) is 5.09. The Morgan fingerprint density at radius 3 is 2.33 bits per heavy atom. The van der Waals surface area contributed by atoms with Gasteiger partial charge in [-0.25, -0.2) is 4.79 Å². The number of carbonyl (C=O) groups is 2. The zero-order valence-electron chi connectivity index (χ0n) is 17.8. The fourth-order valence-corrected chi connectivity index (χ4v) is 2.78. The Hall–Kier alpha value is -3.28. The molecule has 0 saturated heterocycles. The van der Waals surface area contributed by atoms with E-state index in [1.54, 1.807) is 56.7 Å². The van der Waals surface area contributed by atoms with Crippen LogP contribution in [0.4, 0.5) is 5.69 Å². The highest BCUT2D eigenvalue weighted by molar-refractivity contribution is 6.02. The maximum atomic E-state index is 12.2. The summed E-state index contributed by atoms with van der Waals surface area (Å²) < 4.78 is 15.7. The molecule has 160 valence electrons. The van der Waals surface area contributed by atoms with Gasteiger partial charge in [0.05, 0.1) is 26.4 Å². The van der Waals surface area contributed by atoms with E-state index in [9.17, 15) is 9.59 Å². The monoisotopic (exact) mass is 411 g/mol. The van der Waals surface area contributed by atoms with Crippen molar-refractivity contribution >= 4 is 23.6 Å². The average molecular weight is 411 g/mol. The molecule has 1 N–H and O–H groups in total. The molecular formula is C24H29NO5. The number of carbonyl (C=O) groups excluding carboxylic acids is 2. The molecule has 0 aliphatic carbocycles. The normalized spacial score (nSPS) is 10.6. The van der Waals surface area contributed by atoms with Crippen molar-refractivity contribution < 1.29 is 23.8 Å². The Morgan fingerprint density at radius 1 is 0.933 bits per heavy atom. The number of hydrogen-bond donors (Lipinski definition) is 1. The lowest BCUT2D eigenvalue weighted by Gasteiger charge is -2.08. The van der Waals surface area contributed by atoms with Crippen LogP contribution in [0.25, 0.3) is 6.08 Å². The molecular weight excluding hydrogens is 382 g/mol. The molecule has 30 heavy (non-hydrogen) atoms. The average Bonchev–Trinajstić information content (AvgIpc) is 2.77. The van der Waals surface area contributed by atoms with Crippen molar-refractivity contribution in [2.24, 2.45) is 0 Å². The fourth-order valence-electron chi connectivity index (χ4n) is 2.78. The summed E-state index contributed by atoms with van der Waals surface area (Å²) in [6, 6.07) is 12.0. The van der Waals surface area contributed by atoms with Crippen LogP contribution in [0.5, 0.6) is 11.5 Å². The van der Waals surface area contributed by atoms with Crippen molar-refractivity contribution in [3.05, 3.63) is 59.7 Å². The van der Waals surface area contributed by atoms with E-state index < -0.39 is 0 Å². The van der Waals surface area contributed by atoms with Crippen molar-refractivity contribution in [1.29, 1.82) is 0 Å². The van der Waals surface area contributed by atoms with E-state index in [4.69, 9.17) is 14.2 Å². The van der Waals surface area contributed by atoms with Crippen LogP contribution in [0.2, 0.25) is 0 Å². The summed E-state index contributed by atoms with van der Waals surface area (Å²) in [5.41, 5.74) is 1.86. The van der Waals surface area contributed by atoms with Gasteiger partial charge >= 0.3 is 5.97 Å². The summed E-state index contributed by atoms with van der Waals surface area (Å²) in [6.45, 7) is 2.57. The first-order chi connectivity index (χ1) is 14.6. The Bertz CT molecular complexity index is 858. The Labute approximate surface area is 177 Å². The van der Waals surface area contributed by atoms with Crippen LogP contribution < -0.4 is 14.8 Å². The molecule has 0 unspecified atom stereocenters. The fraction of sp³-hybridized carbons (Fsp3) is 0.333. The van der Waals surface area contributed by atoms with E-state index >= 15 is 0 Å². The van der Waals surface area contributed by atoms with Gasteiger partial charge in [0.2, 0.25) is 5.91 Å². The Balaban J connectivity index is 1.87. The van der Waals surface area contributed by atoms with Gasteiger partial charge in [0.25, 0.3) is 0 Å². The van der Waals surface area contributed by atoms with Crippen LogP contribution in [-0.4, -0.2) is 32.7 Å². The number of unbranched alkanes of at least 4 members (excludes halogenated alkanes) is 3. The minimum absolute atomic E-state index is 0.281. The lowest BCUT2D eigenvalue weighted by atomic mass is 10.2. The van der Waals surface area contributed by atoms with Gasteiger partial charge in [-0.3, -0.25) is 4.79 Å². The summed E-state index contributed by atoms with van der Waals surface area (Å²) in [4.78, 5) is 24.2. The van der Waals surface area contributed by atoms with Gasteiger partial charge in [0.1, 0.15) is 0 Å². The van der Waals surface area contributed by atoms with Gasteiger partial charge in [-0.05, 0) is 54.5 Å². The van der Waals surface area contributed by atoms with Crippen LogP contribution in [0, 0.1) is 0 Å². The van der Waals surface area contributed by atoms with Gasteiger partial charge in [-0.1, -0.05) is 32.3 Å². The zero-order valence-corrected chi connectivity index (χ0v) is 17.8. The summed E-state index contributed by atoms with van der Waals surface area (Å²) in [7, 11) is 3.13. The number of esters is 1. The Kier molecular flexibility index (Phi) is 9.45. The van der Waals surface area contributed by atoms with E-state index in [2.05, 4.69) is 12.2 Å². The summed E-state index contributed by atoms with van der Waals surface area (Å²) in [5.74, 6) is 0.584. The molecule has 6 nitrogen and oxygen atoms in total. The van der Waals surface area contributed by atoms with Crippen molar-refractivity contribution in [3.8, 4) is 11.5 Å². The van der Waals surface area contributed by atoms with Gasteiger partial charge in [0, 0.05) is 11.8 Å². The zero-order chi connectivity index (χ0) is 21.8. The molecule has 0 saturated carbocycles. The van der Waals surface area contributed by atoms with E-state index in [-0.39, 0.29) is 11.9 Å². The number of amides is 1. The number of methoxy groups -OCH3 is 2. The van der Waals surface area contributed by atoms with Crippen LogP contribution in [-0.2, 0) is 9.53 Å². The van der Waals surface area contributed by atoms with Gasteiger partial charge in [-0.15, -0.1) is 0 Å². The van der Waals surface area contributed by atoms with Gasteiger partial charge in [-0.2, -0.15) is 0 Å². The maximum Gasteiger partial charge on any atom is 0.338 e. The van der Waals surface area contributed by atoms with Gasteiger partial charge < -0.3 is 19.5 Å². The third kappa shape index (κ3) is 7.28. The second-order valence-corrected chi connectivity index (χ2v) is 6.71. The molecule has 0 aliphatic heterocycles. The molecule has 6 heteroatoms. The first-order valence-corrected chi connectivity index (χ1v) is 10.1. The lowest BCUT2D eigenvalue weighted by Crippen LogP contribution is -2.09. The molecule has 0 radical (unpaired) electrons. The first-order valence-electron chi connectivity index (χ1n) is 10.1. The Morgan fingerprint density at radius 2 is 1.67 bits per heavy atom. The highest BCUT2D eigenvalue weighted by atomic mass is 16.5. The van der Waals surface area contributed by atoms with Crippen LogP contribution in [0.15, 0.2) is 48.5 Å². The number of anilines is 1. The maximum absolute atomic E-state index is 12.2. The minimum Gasteiger partial charge on any atom is -0.493 e. The summed E-state index contributed by atoms with van der Waals surface area (Å²) in [5, 5.41) is 2.76. The summed E-state index contributed by atoms with van der Waals surface area (Å²) in [6.07, 6.45) is 7.34. The molecule has 0 heterocycles. The van der Waals surface area contributed by atoms with Crippen LogP contribution in [0.3, 0.4) is 0 Å². The van der Waals surface area contributed by atoms with Crippen molar-refractivity contribution in [2.75, 3.05) is 26.1 Å². The SMILES string of the molecule is CCCCCCOC(=O)c1ccc(NC(=O)/C=C/c2ccc(OC)c(OC)c2)cc1. The van der Waals surface area contributed by atoms with E-state index in [1.807, 2.05) is 6.07 Å². The highest BCUT2D eigenvalue weighted by Gasteiger charge is 2.07. The second-order valence-electron chi connectivity index (χ2n) is 6.71. The number of nitrogens with one attached hydrogen (secondary N) is 1. The standard InChI is InChI=1S/C24H29NO5/c1-4-5-6-7-16-30-24(27)19-10-12-20(13-11-19)25-23(26)15-9-18-8-14-21(28-2)22(17-18)29-3/h8-15,17H,4-7,16H2,1-3H3,(H,25,26)/b15-9+. The number of benzene rings is 2. The summed E-state index contributed by atoms with van der Waals surface area (Å²) >= 11 is 0. The molecule has 0 atom stereocenters. The molecule has 0 bridgehead atoms. The first kappa shape index (κ1) is 23.0. The molecule has 2 aromatic rings. The van der Waals surface area contributed by atoms with Gasteiger partial charge in [0.15, 0.2) is 11.5 Å². The van der Waals surface area contributed by atoms with E-state index in [0.717, 1.165) is 31.2 Å². The number of ether oxygens (including phenoxy) is 3. The highest BCUT2D eigenvalue weighted by Crippen LogP contribution is 2.28. The third-order valence-corrected chi connectivity index (χ3v) is 4.45. The van der Waals surface area contributed by atoms with E-state index in [0.29, 0.717) is 29.4 Å². The molecule has 0 fully saturated rings. The predicted molar refractivity (Wildman–Crippen MR) is 118 cm³/mol. The van der Waals surface area contributed by atoms with Crippen LogP contribution in [0.1, 0.15) is 48.5 Å². The quantitative estimate of drug-likeness (QED) is 0.317.